The molecule has 0 saturated heterocycles. The van der Waals surface area contributed by atoms with Gasteiger partial charge in [-0.2, -0.15) is 0 Å². The summed E-state index contributed by atoms with van der Waals surface area (Å²) in [5, 5.41) is 16.0. The van der Waals surface area contributed by atoms with E-state index in [-0.39, 0.29) is 11.6 Å². The van der Waals surface area contributed by atoms with Crippen LogP contribution >= 0.6 is 11.6 Å². The van der Waals surface area contributed by atoms with Gasteiger partial charge in [-0.3, -0.25) is 4.79 Å². The van der Waals surface area contributed by atoms with Crippen LogP contribution in [0.25, 0.3) is 10.9 Å². The molecular formula is C21H26ClN3O5. The number of hydrogen-bond acceptors (Lipinski definition) is 5. The monoisotopic (exact) mass is 435 g/mol. The molecule has 30 heavy (non-hydrogen) atoms. The molecule has 1 amide bonds. The number of pyridine rings is 1. The zero-order valence-corrected chi connectivity index (χ0v) is 18.0. The summed E-state index contributed by atoms with van der Waals surface area (Å²) in [7, 11) is 0. The summed E-state index contributed by atoms with van der Waals surface area (Å²) in [6, 6.07) is 3.50. The van der Waals surface area contributed by atoms with Crippen molar-refractivity contribution in [3.05, 3.63) is 39.1 Å². The first-order valence-electron chi connectivity index (χ1n) is 9.89. The first-order chi connectivity index (χ1) is 14.1. The van der Waals surface area contributed by atoms with E-state index in [1.165, 1.54) is 6.20 Å². The summed E-state index contributed by atoms with van der Waals surface area (Å²) in [4.78, 5) is 35.8. The average molecular weight is 436 g/mol. The Morgan fingerprint density at radius 3 is 2.57 bits per heavy atom. The third kappa shape index (κ3) is 5.24. The molecule has 1 aliphatic carbocycles. The van der Waals surface area contributed by atoms with Crippen LogP contribution in [0.1, 0.15) is 56.4 Å². The quantitative estimate of drug-likeness (QED) is 0.567. The zero-order chi connectivity index (χ0) is 22.1. The van der Waals surface area contributed by atoms with Crippen LogP contribution in [0, 0.1) is 0 Å². The Bertz CT molecular complexity index is 1040. The lowest BCUT2D eigenvalue weighted by Crippen LogP contribution is -2.33. The van der Waals surface area contributed by atoms with Crippen molar-refractivity contribution in [3.8, 4) is 0 Å². The van der Waals surface area contributed by atoms with E-state index in [2.05, 4.69) is 10.6 Å². The van der Waals surface area contributed by atoms with Crippen molar-refractivity contribution in [2.75, 3.05) is 18.4 Å². The number of halogens is 1. The molecule has 3 rings (SSSR count). The van der Waals surface area contributed by atoms with Gasteiger partial charge in [0.15, 0.2) is 0 Å². The number of alkyl carbamates (subject to hydrolysis) is 1. The van der Waals surface area contributed by atoms with Crippen molar-refractivity contribution in [3.63, 3.8) is 0 Å². The highest BCUT2D eigenvalue weighted by Gasteiger charge is 2.27. The Hall–Kier alpha value is -2.74. The number of nitrogens with one attached hydrogen (secondary N) is 2. The molecule has 0 bridgehead atoms. The maximum Gasteiger partial charge on any atom is 0.407 e. The third-order valence-electron chi connectivity index (χ3n) is 4.63. The molecule has 0 radical (unpaired) electrons. The van der Waals surface area contributed by atoms with Gasteiger partial charge in [0, 0.05) is 30.7 Å². The number of hydrogen-bond donors (Lipinski definition) is 3. The van der Waals surface area contributed by atoms with E-state index in [0.29, 0.717) is 41.1 Å². The number of nitrogens with zero attached hydrogens (tertiary/aromatic N) is 1. The lowest BCUT2D eigenvalue weighted by atomic mass is 10.1. The maximum absolute atomic E-state index is 12.7. The molecule has 3 N–H and O–H groups in total. The van der Waals surface area contributed by atoms with E-state index in [9.17, 15) is 19.5 Å². The van der Waals surface area contributed by atoms with Gasteiger partial charge >= 0.3 is 12.1 Å². The summed E-state index contributed by atoms with van der Waals surface area (Å²) < 4.78 is 7.01. The van der Waals surface area contributed by atoms with E-state index in [1.807, 2.05) is 4.57 Å². The molecule has 1 saturated carbocycles. The van der Waals surface area contributed by atoms with Crippen LogP contribution in [-0.2, 0) is 4.74 Å². The molecule has 1 aliphatic rings. The number of amides is 1. The van der Waals surface area contributed by atoms with Crippen molar-refractivity contribution in [2.45, 2.75) is 51.7 Å². The molecule has 0 spiro atoms. The molecule has 1 aromatic heterocycles. The van der Waals surface area contributed by atoms with Gasteiger partial charge in [-0.15, -0.1) is 0 Å². The number of benzene rings is 1. The van der Waals surface area contributed by atoms with Crippen LogP contribution in [0.2, 0.25) is 5.02 Å². The van der Waals surface area contributed by atoms with Crippen molar-refractivity contribution >= 4 is 40.3 Å². The number of ether oxygens (including phenoxy) is 1. The van der Waals surface area contributed by atoms with Crippen molar-refractivity contribution in [1.82, 2.24) is 9.88 Å². The van der Waals surface area contributed by atoms with Gasteiger partial charge in [-0.05, 0) is 52.2 Å². The first kappa shape index (κ1) is 22.0. The minimum absolute atomic E-state index is 0.194. The molecule has 1 fully saturated rings. The Balaban J connectivity index is 1.72. The number of carboxylic acids is 1. The highest BCUT2D eigenvalue weighted by atomic mass is 35.5. The van der Waals surface area contributed by atoms with E-state index in [4.69, 9.17) is 16.3 Å². The number of rotatable bonds is 7. The molecule has 1 aromatic carbocycles. The Morgan fingerprint density at radius 1 is 1.27 bits per heavy atom. The zero-order valence-electron chi connectivity index (χ0n) is 17.3. The third-order valence-corrected chi connectivity index (χ3v) is 4.94. The van der Waals surface area contributed by atoms with Gasteiger partial charge < -0.3 is 25.0 Å². The number of aromatic nitrogens is 1. The van der Waals surface area contributed by atoms with Crippen LogP contribution in [0.4, 0.5) is 10.5 Å². The molecule has 0 atom stereocenters. The van der Waals surface area contributed by atoms with E-state index in [0.717, 1.165) is 12.8 Å². The average Bonchev–Trinajstić information content (AvgIpc) is 3.45. The van der Waals surface area contributed by atoms with Gasteiger partial charge in [0.2, 0.25) is 5.43 Å². The minimum Gasteiger partial charge on any atom is -0.477 e. The highest BCUT2D eigenvalue weighted by molar-refractivity contribution is 6.34. The first-order valence-corrected chi connectivity index (χ1v) is 10.3. The number of anilines is 1. The fraction of sp³-hybridized carbons (Fsp3) is 0.476. The fourth-order valence-corrected chi connectivity index (χ4v) is 3.35. The lowest BCUT2D eigenvalue weighted by molar-refractivity contribution is 0.0527. The summed E-state index contributed by atoms with van der Waals surface area (Å²) in [6.45, 7) is 6.29. The smallest absolute Gasteiger partial charge is 0.407 e. The molecule has 2 aromatic rings. The standard InChI is InChI=1S/C21H26ClN3O5/c1-21(2,3)30-20(29)24-8-4-7-23-16-9-13-17(10-15(16)22)25(12-5-6-12)11-14(18(13)26)19(27)28/h9-12,23H,4-8H2,1-3H3,(H,24,29)(H,27,28). The predicted octanol–water partition coefficient (Wildman–Crippen LogP) is 4.01. The van der Waals surface area contributed by atoms with Gasteiger partial charge in [0.05, 0.1) is 16.2 Å². The second-order valence-electron chi connectivity index (χ2n) is 8.37. The largest absolute Gasteiger partial charge is 0.477 e. The Labute approximate surface area is 179 Å². The Kier molecular flexibility index (Phi) is 6.26. The summed E-state index contributed by atoms with van der Waals surface area (Å²) >= 11 is 6.41. The van der Waals surface area contributed by atoms with Crippen molar-refractivity contribution < 1.29 is 19.4 Å². The highest BCUT2D eigenvalue weighted by Crippen LogP contribution is 2.38. The van der Waals surface area contributed by atoms with Gasteiger partial charge in [0.25, 0.3) is 0 Å². The van der Waals surface area contributed by atoms with Crippen molar-refractivity contribution in [1.29, 1.82) is 0 Å². The number of carbonyl (C=O) groups excluding carboxylic acids is 1. The number of carbonyl (C=O) groups is 2. The van der Waals surface area contributed by atoms with Gasteiger partial charge in [0.1, 0.15) is 11.2 Å². The summed E-state index contributed by atoms with van der Waals surface area (Å²) in [6.07, 6.45) is 3.43. The molecule has 1 heterocycles. The SMILES string of the molecule is CC(C)(C)OC(=O)NCCCNc1cc2c(=O)c(C(=O)O)cn(C3CC3)c2cc1Cl. The minimum atomic E-state index is -1.24. The maximum atomic E-state index is 12.7. The van der Waals surface area contributed by atoms with Crippen LogP contribution < -0.4 is 16.1 Å². The van der Waals surface area contributed by atoms with Crippen molar-refractivity contribution in [2.24, 2.45) is 0 Å². The lowest BCUT2D eigenvalue weighted by Gasteiger charge is -2.19. The summed E-state index contributed by atoms with van der Waals surface area (Å²) in [5.41, 5.74) is -0.147. The van der Waals surface area contributed by atoms with E-state index >= 15 is 0 Å². The van der Waals surface area contributed by atoms with Crippen LogP contribution in [0.15, 0.2) is 23.1 Å². The number of carboxylic acid groups (broad SMARTS) is 1. The van der Waals surface area contributed by atoms with E-state index in [1.54, 1.807) is 32.9 Å². The van der Waals surface area contributed by atoms with E-state index < -0.39 is 23.1 Å². The molecule has 162 valence electrons. The Morgan fingerprint density at radius 2 is 1.97 bits per heavy atom. The second kappa shape index (κ2) is 8.55. The number of aromatic carboxylic acids is 1. The normalized spacial score (nSPS) is 13.9. The molecule has 0 unspecified atom stereocenters. The van der Waals surface area contributed by atoms with Gasteiger partial charge in [-0.25, -0.2) is 9.59 Å². The predicted molar refractivity (Wildman–Crippen MR) is 116 cm³/mol. The van der Waals surface area contributed by atoms with Crippen LogP contribution in [0.5, 0.6) is 0 Å². The fourth-order valence-electron chi connectivity index (χ4n) is 3.13. The molecule has 9 heteroatoms. The van der Waals surface area contributed by atoms with Gasteiger partial charge in [-0.1, -0.05) is 11.6 Å². The summed E-state index contributed by atoms with van der Waals surface area (Å²) in [5.74, 6) is -1.24. The number of fused-ring (bicyclic) bond motifs is 1. The molecule has 8 nitrogen and oxygen atoms in total. The second-order valence-corrected chi connectivity index (χ2v) is 8.78. The van der Waals surface area contributed by atoms with Crippen LogP contribution in [-0.4, -0.2) is 40.4 Å². The molecule has 0 aliphatic heterocycles. The van der Waals surface area contributed by atoms with Crippen LogP contribution in [0.3, 0.4) is 0 Å². The topological polar surface area (TPSA) is 110 Å². The molecular weight excluding hydrogens is 410 g/mol.